The normalized spacial score (nSPS) is 12.2. The maximum atomic E-state index is 12.4. The Kier molecular flexibility index (Phi) is 2.77. The van der Waals surface area contributed by atoms with Crippen LogP contribution in [-0.2, 0) is 12.6 Å². The molecule has 5 heteroatoms. The molecule has 92 valence electrons. The van der Waals surface area contributed by atoms with Crippen molar-refractivity contribution >= 4 is 11.2 Å². The Labute approximate surface area is 100 Å². The monoisotopic (exact) mass is 234 g/mol. The number of hydrogen-bond acceptors (Lipinski definition) is 3. The molecule has 2 rings (SSSR count). The second-order valence-corrected chi connectivity index (χ2v) is 4.65. The minimum atomic E-state index is -0.178. The van der Waals surface area contributed by atoms with Gasteiger partial charge in [-0.2, -0.15) is 0 Å². The Balaban J connectivity index is 2.76. The highest BCUT2D eigenvalue weighted by atomic mass is 16.1. The summed E-state index contributed by atoms with van der Waals surface area (Å²) in [7, 11) is 1.82. The van der Waals surface area contributed by atoms with Gasteiger partial charge in [-0.1, -0.05) is 13.8 Å². The lowest BCUT2D eigenvalue weighted by Gasteiger charge is -2.29. The Morgan fingerprint density at radius 3 is 2.41 bits per heavy atom. The van der Waals surface area contributed by atoms with Crippen molar-refractivity contribution in [1.29, 1.82) is 0 Å². The second kappa shape index (κ2) is 3.98. The number of aryl methyl sites for hydroxylation is 1. The standard InChI is InChI=1S/C12H18N4O/c1-5-12(3,6-2)16-8-14-10-9(11(16)17)15(4)7-13-10/h7-8H,5-6H2,1-4H3. The lowest BCUT2D eigenvalue weighted by atomic mass is 9.95. The van der Waals surface area contributed by atoms with Crippen LogP contribution in [0.5, 0.6) is 0 Å². The Hall–Kier alpha value is -1.65. The highest BCUT2D eigenvalue weighted by Gasteiger charge is 2.24. The molecule has 0 aliphatic heterocycles. The van der Waals surface area contributed by atoms with Crippen molar-refractivity contribution in [3.05, 3.63) is 23.0 Å². The molecule has 2 aromatic rings. The molecular weight excluding hydrogens is 216 g/mol. The summed E-state index contributed by atoms with van der Waals surface area (Å²) in [5.41, 5.74) is 0.896. The second-order valence-electron chi connectivity index (χ2n) is 4.65. The van der Waals surface area contributed by atoms with Gasteiger partial charge in [-0.3, -0.25) is 9.36 Å². The van der Waals surface area contributed by atoms with Crippen LogP contribution in [0.1, 0.15) is 33.6 Å². The van der Waals surface area contributed by atoms with Crippen LogP contribution in [0.3, 0.4) is 0 Å². The first kappa shape index (κ1) is 11.8. The smallest absolute Gasteiger partial charge is 0.280 e. The van der Waals surface area contributed by atoms with E-state index in [0.29, 0.717) is 11.2 Å². The van der Waals surface area contributed by atoms with Crippen LogP contribution in [0.15, 0.2) is 17.4 Å². The molecule has 0 fully saturated rings. The van der Waals surface area contributed by atoms with Gasteiger partial charge in [-0.05, 0) is 19.8 Å². The number of imidazole rings is 1. The highest BCUT2D eigenvalue weighted by Crippen LogP contribution is 2.22. The van der Waals surface area contributed by atoms with Gasteiger partial charge in [0.05, 0.1) is 6.33 Å². The predicted molar refractivity (Wildman–Crippen MR) is 67.0 cm³/mol. The van der Waals surface area contributed by atoms with E-state index < -0.39 is 0 Å². The topological polar surface area (TPSA) is 52.7 Å². The molecule has 17 heavy (non-hydrogen) atoms. The van der Waals surface area contributed by atoms with Gasteiger partial charge in [0.1, 0.15) is 6.33 Å². The van der Waals surface area contributed by atoms with Gasteiger partial charge >= 0.3 is 0 Å². The van der Waals surface area contributed by atoms with Crippen LogP contribution in [0.4, 0.5) is 0 Å². The zero-order valence-electron chi connectivity index (χ0n) is 10.8. The number of fused-ring (bicyclic) bond motifs is 1. The third kappa shape index (κ3) is 1.66. The van der Waals surface area contributed by atoms with E-state index in [1.807, 2.05) is 7.05 Å². The summed E-state index contributed by atoms with van der Waals surface area (Å²) in [6.45, 7) is 6.26. The molecule has 0 spiro atoms. The van der Waals surface area contributed by atoms with Gasteiger partial charge in [0.2, 0.25) is 0 Å². The summed E-state index contributed by atoms with van der Waals surface area (Å²) in [4.78, 5) is 20.8. The lowest BCUT2D eigenvalue weighted by Crippen LogP contribution is -2.38. The van der Waals surface area contributed by atoms with E-state index in [4.69, 9.17) is 0 Å². The molecule has 0 unspecified atom stereocenters. The summed E-state index contributed by atoms with van der Waals surface area (Å²) < 4.78 is 3.46. The average Bonchev–Trinajstić information content (AvgIpc) is 2.71. The Bertz CT molecular complexity index is 592. The van der Waals surface area contributed by atoms with E-state index in [2.05, 4.69) is 30.7 Å². The van der Waals surface area contributed by atoms with Gasteiger partial charge in [0.25, 0.3) is 5.56 Å². The average molecular weight is 234 g/mol. The van der Waals surface area contributed by atoms with Crippen LogP contribution in [-0.4, -0.2) is 19.1 Å². The van der Waals surface area contributed by atoms with Gasteiger partial charge in [-0.15, -0.1) is 0 Å². The van der Waals surface area contributed by atoms with Crippen LogP contribution < -0.4 is 5.56 Å². The van der Waals surface area contributed by atoms with E-state index in [1.165, 1.54) is 0 Å². The fourth-order valence-corrected chi connectivity index (χ4v) is 2.01. The van der Waals surface area contributed by atoms with Crippen molar-refractivity contribution in [3.63, 3.8) is 0 Å². The van der Waals surface area contributed by atoms with E-state index in [-0.39, 0.29) is 11.1 Å². The summed E-state index contributed by atoms with van der Waals surface area (Å²) in [6, 6.07) is 0. The van der Waals surface area contributed by atoms with Crippen LogP contribution in [0.2, 0.25) is 0 Å². The summed E-state index contributed by atoms with van der Waals surface area (Å²) >= 11 is 0. The van der Waals surface area contributed by atoms with Gasteiger partial charge in [0, 0.05) is 12.6 Å². The van der Waals surface area contributed by atoms with Gasteiger partial charge in [-0.25, -0.2) is 9.97 Å². The fourth-order valence-electron chi connectivity index (χ4n) is 2.01. The first-order valence-electron chi connectivity index (χ1n) is 5.92. The number of rotatable bonds is 3. The predicted octanol–water partition coefficient (Wildman–Crippen LogP) is 1.67. The van der Waals surface area contributed by atoms with Crippen molar-refractivity contribution in [2.45, 2.75) is 39.2 Å². The molecule has 0 radical (unpaired) electrons. The maximum absolute atomic E-state index is 12.4. The third-order valence-corrected chi connectivity index (χ3v) is 3.74. The maximum Gasteiger partial charge on any atom is 0.280 e. The quantitative estimate of drug-likeness (QED) is 0.811. The molecule has 0 atom stereocenters. The Morgan fingerprint density at radius 1 is 1.24 bits per heavy atom. The Morgan fingerprint density at radius 2 is 1.82 bits per heavy atom. The zero-order chi connectivity index (χ0) is 12.6. The number of hydrogen-bond donors (Lipinski definition) is 0. The molecular formula is C12H18N4O. The minimum absolute atomic E-state index is 0.0128. The molecule has 0 aromatic carbocycles. The van der Waals surface area contributed by atoms with E-state index in [9.17, 15) is 4.79 Å². The third-order valence-electron chi connectivity index (χ3n) is 3.74. The largest absolute Gasteiger partial charge is 0.328 e. The van der Waals surface area contributed by atoms with Gasteiger partial charge in [0.15, 0.2) is 11.2 Å². The first-order chi connectivity index (χ1) is 8.03. The van der Waals surface area contributed by atoms with E-state index in [1.54, 1.807) is 21.8 Å². The zero-order valence-corrected chi connectivity index (χ0v) is 10.8. The summed E-state index contributed by atoms with van der Waals surface area (Å²) in [5.74, 6) is 0. The van der Waals surface area contributed by atoms with Crippen LogP contribution in [0.25, 0.3) is 11.2 Å². The lowest BCUT2D eigenvalue weighted by molar-refractivity contribution is 0.283. The van der Waals surface area contributed by atoms with Crippen LogP contribution >= 0.6 is 0 Å². The molecule has 5 nitrogen and oxygen atoms in total. The number of nitrogens with zero attached hydrogens (tertiary/aromatic N) is 4. The molecule has 0 aliphatic rings. The highest BCUT2D eigenvalue weighted by molar-refractivity contribution is 5.68. The van der Waals surface area contributed by atoms with Crippen LogP contribution in [0, 0.1) is 0 Å². The SMILES string of the molecule is CCC(C)(CC)n1cnc2ncn(C)c2c1=O. The van der Waals surface area contributed by atoms with Gasteiger partial charge < -0.3 is 4.57 Å². The van der Waals surface area contributed by atoms with Crippen molar-refractivity contribution in [3.8, 4) is 0 Å². The summed E-state index contributed by atoms with van der Waals surface area (Å²) in [5, 5.41) is 0. The summed E-state index contributed by atoms with van der Waals surface area (Å²) in [6.07, 6.45) is 5.03. The fraction of sp³-hybridized carbons (Fsp3) is 0.583. The van der Waals surface area contributed by atoms with Crippen molar-refractivity contribution < 1.29 is 0 Å². The number of aromatic nitrogens is 4. The van der Waals surface area contributed by atoms with E-state index >= 15 is 0 Å². The minimum Gasteiger partial charge on any atom is -0.328 e. The molecule has 0 saturated carbocycles. The molecule has 0 saturated heterocycles. The first-order valence-corrected chi connectivity index (χ1v) is 5.92. The van der Waals surface area contributed by atoms with Crippen molar-refractivity contribution in [2.75, 3.05) is 0 Å². The molecule has 0 aliphatic carbocycles. The van der Waals surface area contributed by atoms with E-state index in [0.717, 1.165) is 12.8 Å². The molecule has 0 amide bonds. The molecule has 2 heterocycles. The van der Waals surface area contributed by atoms with Crippen molar-refractivity contribution in [1.82, 2.24) is 19.1 Å². The molecule has 0 N–H and O–H groups in total. The molecule has 2 aromatic heterocycles. The van der Waals surface area contributed by atoms with Crippen molar-refractivity contribution in [2.24, 2.45) is 7.05 Å². The molecule has 0 bridgehead atoms.